The molecule has 0 N–H and O–H groups in total. The number of aryl methyl sites for hydroxylation is 1. The quantitative estimate of drug-likeness (QED) is 0.441. The summed E-state index contributed by atoms with van der Waals surface area (Å²) in [7, 11) is 0. The number of hydrogen-bond donors (Lipinski definition) is 0. The van der Waals surface area contributed by atoms with Crippen molar-refractivity contribution in [3.8, 4) is 11.3 Å². The summed E-state index contributed by atoms with van der Waals surface area (Å²) < 4.78 is 9.33. The maximum absolute atomic E-state index is 13.4. The molecule has 174 valence electrons. The molecular weight excluding hydrogens is 426 g/mol. The first-order chi connectivity index (χ1) is 16.6. The lowest BCUT2D eigenvalue weighted by molar-refractivity contribution is 0.0685. The van der Waals surface area contributed by atoms with Crippen LogP contribution in [0.5, 0.6) is 0 Å². The van der Waals surface area contributed by atoms with Crippen LogP contribution in [0.15, 0.2) is 47.9 Å². The lowest BCUT2D eigenvalue weighted by atomic mass is 9.95. The van der Waals surface area contributed by atoms with E-state index in [1.54, 1.807) is 6.33 Å². The van der Waals surface area contributed by atoms with Gasteiger partial charge in [0.25, 0.3) is 5.56 Å². The van der Waals surface area contributed by atoms with E-state index in [-0.39, 0.29) is 11.6 Å². The smallest absolute Gasteiger partial charge is 0.261 e. The molecule has 7 nitrogen and oxygen atoms in total. The van der Waals surface area contributed by atoms with Crippen molar-refractivity contribution in [2.75, 3.05) is 13.2 Å². The first-order valence-electron chi connectivity index (χ1n) is 12.2. The van der Waals surface area contributed by atoms with E-state index in [0.29, 0.717) is 24.6 Å². The normalized spacial score (nSPS) is 16.9. The summed E-state index contributed by atoms with van der Waals surface area (Å²) in [5.41, 5.74) is 7.34. The van der Waals surface area contributed by atoms with Crippen molar-refractivity contribution in [1.29, 1.82) is 0 Å². The zero-order chi connectivity index (χ0) is 23.2. The van der Waals surface area contributed by atoms with Gasteiger partial charge in [-0.2, -0.15) is 5.10 Å². The average Bonchev–Trinajstić information content (AvgIpc) is 3.60. The second-order valence-electron chi connectivity index (χ2n) is 9.65. The number of rotatable bonds is 5. The molecule has 0 atom stereocenters. The number of aromatic nitrogens is 5. The molecule has 2 aliphatic rings. The minimum atomic E-state index is 0.0439. The third-order valence-electron chi connectivity index (χ3n) is 7.37. The number of ether oxygens (including phenoxy) is 1. The van der Waals surface area contributed by atoms with Crippen molar-refractivity contribution < 1.29 is 4.74 Å². The molecule has 2 fully saturated rings. The molecule has 0 radical (unpaired) electrons. The van der Waals surface area contributed by atoms with Crippen LogP contribution in [0.25, 0.3) is 22.2 Å². The monoisotopic (exact) mass is 455 g/mol. The molecule has 1 aliphatic carbocycles. The van der Waals surface area contributed by atoms with Crippen LogP contribution in [0.2, 0.25) is 0 Å². The number of benzene rings is 1. The van der Waals surface area contributed by atoms with E-state index >= 15 is 0 Å². The molecule has 4 heterocycles. The third-order valence-corrected chi connectivity index (χ3v) is 7.37. The van der Waals surface area contributed by atoms with Crippen LogP contribution in [0.3, 0.4) is 0 Å². The van der Waals surface area contributed by atoms with Gasteiger partial charge in [0.2, 0.25) is 0 Å². The Kier molecular flexibility index (Phi) is 5.29. The second-order valence-corrected chi connectivity index (χ2v) is 9.65. The van der Waals surface area contributed by atoms with Gasteiger partial charge in [0.05, 0.1) is 35.2 Å². The largest absolute Gasteiger partial charge is 0.381 e. The van der Waals surface area contributed by atoms with Crippen LogP contribution < -0.4 is 5.56 Å². The minimum Gasteiger partial charge on any atom is -0.381 e. The van der Waals surface area contributed by atoms with Gasteiger partial charge in [0.15, 0.2) is 0 Å². The fourth-order valence-electron chi connectivity index (χ4n) is 4.95. The van der Waals surface area contributed by atoms with E-state index in [4.69, 9.17) is 14.7 Å². The fraction of sp³-hybridized carbons (Fsp3) is 0.407. The Bertz CT molecular complexity index is 1410. The van der Waals surface area contributed by atoms with Crippen molar-refractivity contribution in [2.24, 2.45) is 0 Å². The molecule has 34 heavy (non-hydrogen) atoms. The number of hydrogen-bond acceptors (Lipinski definition) is 5. The molecule has 4 aromatic rings. The highest BCUT2D eigenvalue weighted by Gasteiger charge is 2.24. The van der Waals surface area contributed by atoms with Crippen LogP contribution in [0, 0.1) is 13.8 Å². The topological polar surface area (TPSA) is 74.8 Å². The Balaban J connectivity index is 1.31. The molecule has 6 rings (SSSR count). The highest BCUT2D eigenvalue weighted by atomic mass is 16.5. The Morgan fingerprint density at radius 2 is 1.82 bits per heavy atom. The molecule has 0 unspecified atom stereocenters. The summed E-state index contributed by atoms with van der Waals surface area (Å²) in [5, 5.41) is 5.17. The predicted octanol–water partition coefficient (Wildman–Crippen LogP) is 4.55. The maximum atomic E-state index is 13.4. The molecule has 1 aromatic carbocycles. The summed E-state index contributed by atoms with van der Waals surface area (Å²) >= 11 is 0. The van der Waals surface area contributed by atoms with E-state index in [0.717, 1.165) is 52.7 Å². The molecule has 0 amide bonds. The predicted molar refractivity (Wildman–Crippen MR) is 131 cm³/mol. The van der Waals surface area contributed by atoms with E-state index in [1.165, 1.54) is 18.4 Å². The molecule has 1 saturated carbocycles. The van der Waals surface area contributed by atoms with Crippen molar-refractivity contribution in [2.45, 2.75) is 58.0 Å². The zero-order valence-electron chi connectivity index (χ0n) is 19.7. The van der Waals surface area contributed by atoms with E-state index in [9.17, 15) is 4.79 Å². The van der Waals surface area contributed by atoms with Crippen molar-refractivity contribution in [1.82, 2.24) is 24.3 Å². The second kappa shape index (κ2) is 8.47. The highest BCUT2D eigenvalue weighted by Crippen LogP contribution is 2.35. The summed E-state index contributed by atoms with van der Waals surface area (Å²) in [5.74, 6) is 0. The highest BCUT2D eigenvalue weighted by molar-refractivity contribution is 5.83. The number of fused-ring (bicyclic) bond motifs is 1. The SMILES string of the molecule is Cc1c(Cc2ccc(-c3cnn(C4CC4)c3)nc2)cc2c(=O)n(C3CCOCC3)cnc2c1C. The minimum absolute atomic E-state index is 0.0439. The van der Waals surface area contributed by atoms with Gasteiger partial charge in [-0.05, 0) is 80.3 Å². The van der Waals surface area contributed by atoms with Crippen LogP contribution in [0.1, 0.15) is 60.0 Å². The van der Waals surface area contributed by atoms with Gasteiger partial charge in [-0.15, -0.1) is 0 Å². The van der Waals surface area contributed by atoms with Gasteiger partial charge in [-0.25, -0.2) is 4.98 Å². The maximum Gasteiger partial charge on any atom is 0.261 e. The van der Waals surface area contributed by atoms with E-state index in [1.807, 2.05) is 27.7 Å². The molecule has 0 bridgehead atoms. The van der Waals surface area contributed by atoms with Gasteiger partial charge in [-0.1, -0.05) is 6.07 Å². The van der Waals surface area contributed by atoms with Gasteiger partial charge in [0.1, 0.15) is 0 Å². The first kappa shape index (κ1) is 21.2. The molecule has 0 spiro atoms. The lowest BCUT2D eigenvalue weighted by Crippen LogP contribution is -2.29. The molecule has 1 aliphatic heterocycles. The Morgan fingerprint density at radius 3 is 2.56 bits per heavy atom. The lowest BCUT2D eigenvalue weighted by Gasteiger charge is -2.24. The fourth-order valence-corrected chi connectivity index (χ4v) is 4.95. The number of nitrogens with zero attached hydrogens (tertiary/aromatic N) is 5. The average molecular weight is 456 g/mol. The van der Waals surface area contributed by atoms with Crippen molar-refractivity contribution in [3.63, 3.8) is 0 Å². The summed E-state index contributed by atoms with van der Waals surface area (Å²) in [6, 6.07) is 6.95. The molecule has 3 aromatic heterocycles. The first-order valence-corrected chi connectivity index (χ1v) is 12.2. The standard InChI is InChI=1S/C27H29N5O2/c1-17-18(2)26-24(27(33)31(16-29-26)22-7-9-34-10-8-22)12-20(17)11-19-3-6-25(28-13-19)21-14-30-32(15-21)23-4-5-23/h3,6,12-16,22-23H,4-5,7-11H2,1-2H3. The van der Waals surface area contributed by atoms with Crippen LogP contribution in [-0.2, 0) is 11.2 Å². The van der Waals surface area contributed by atoms with Crippen LogP contribution in [0.4, 0.5) is 0 Å². The third kappa shape index (κ3) is 3.84. The Labute approximate surface area is 198 Å². The van der Waals surface area contributed by atoms with Crippen molar-refractivity contribution in [3.05, 3.63) is 75.7 Å². The molecule has 7 heteroatoms. The van der Waals surface area contributed by atoms with Crippen LogP contribution >= 0.6 is 0 Å². The molecule has 1 saturated heterocycles. The summed E-state index contributed by atoms with van der Waals surface area (Å²) in [6.45, 7) is 5.56. The van der Waals surface area contributed by atoms with E-state index < -0.39 is 0 Å². The summed E-state index contributed by atoms with van der Waals surface area (Å²) in [6.07, 6.45) is 12.5. The van der Waals surface area contributed by atoms with Gasteiger partial charge in [-0.3, -0.25) is 19.0 Å². The number of pyridine rings is 1. The van der Waals surface area contributed by atoms with E-state index in [2.05, 4.69) is 37.3 Å². The van der Waals surface area contributed by atoms with Crippen LogP contribution in [-0.4, -0.2) is 37.5 Å². The summed E-state index contributed by atoms with van der Waals surface area (Å²) in [4.78, 5) is 22.8. The zero-order valence-corrected chi connectivity index (χ0v) is 19.7. The Morgan fingerprint density at radius 1 is 1.00 bits per heavy atom. The van der Waals surface area contributed by atoms with Gasteiger partial charge < -0.3 is 4.74 Å². The van der Waals surface area contributed by atoms with Gasteiger partial charge >= 0.3 is 0 Å². The Hall–Kier alpha value is -3.32. The molecular formula is C27H29N5O2. The van der Waals surface area contributed by atoms with Gasteiger partial charge in [0, 0.05) is 37.2 Å². The van der Waals surface area contributed by atoms with Crippen molar-refractivity contribution >= 4 is 10.9 Å².